The maximum absolute atomic E-state index is 12.5. The number of hydrogen-bond donors (Lipinski definition) is 1. The quantitative estimate of drug-likeness (QED) is 0.312. The van der Waals surface area contributed by atoms with Crippen LogP contribution in [0.5, 0.6) is 17.2 Å². The van der Waals surface area contributed by atoms with E-state index in [-0.39, 0.29) is 22.7 Å². The van der Waals surface area contributed by atoms with Gasteiger partial charge in [-0.2, -0.15) is 0 Å². The lowest BCUT2D eigenvalue weighted by Crippen LogP contribution is -2.30. The number of non-ortho nitro benzene ring substituents is 1. The summed E-state index contributed by atoms with van der Waals surface area (Å²) >= 11 is 0. The number of carbonyl (C=O) groups excluding carboxylic acids is 2. The minimum Gasteiger partial charge on any atom is -0.495 e. The lowest BCUT2D eigenvalue weighted by atomic mass is 10.2. The third-order valence-corrected chi connectivity index (χ3v) is 4.35. The molecule has 0 unspecified atom stereocenters. The number of methoxy groups -OCH3 is 1. The van der Waals surface area contributed by atoms with Crippen LogP contribution in [0, 0.1) is 10.1 Å². The van der Waals surface area contributed by atoms with Gasteiger partial charge in [-0.05, 0) is 43.3 Å². The van der Waals surface area contributed by atoms with Crippen molar-refractivity contribution in [2.24, 2.45) is 0 Å². The Morgan fingerprint density at radius 3 is 2.38 bits per heavy atom. The second-order valence-electron chi connectivity index (χ2n) is 6.62. The Morgan fingerprint density at radius 1 is 0.969 bits per heavy atom. The second kappa shape index (κ2) is 10.1. The monoisotopic (exact) mass is 436 g/mol. The Hall–Kier alpha value is -4.40. The van der Waals surface area contributed by atoms with E-state index in [0.29, 0.717) is 11.5 Å². The van der Waals surface area contributed by atoms with Gasteiger partial charge in [-0.15, -0.1) is 0 Å². The van der Waals surface area contributed by atoms with Crippen LogP contribution in [0.25, 0.3) is 0 Å². The van der Waals surface area contributed by atoms with Crippen molar-refractivity contribution in [2.45, 2.75) is 13.0 Å². The summed E-state index contributed by atoms with van der Waals surface area (Å²) < 4.78 is 16.1. The molecule has 0 fully saturated rings. The fourth-order valence-corrected chi connectivity index (χ4v) is 2.73. The van der Waals surface area contributed by atoms with Gasteiger partial charge in [-0.25, -0.2) is 4.79 Å². The van der Waals surface area contributed by atoms with E-state index in [9.17, 15) is 19.7 Å². The van der Waals surface area contributed by atoms with Crippen LogP contribution in [0.1, 0.15) is 17.3 Å². The van der Waals surface area contributed by atoms with Crippen LogP contribution in [-0.2, 0) is 9.53 Å². The first-order chi connectivity index (χ1) is 15.4. The number of ether oxygens (including phenoxy) is 3. The minimum absolute atomic E-state index is 0.0906. The van der Waals surface area contributed by atoms with Gasteiger partial charge >= 0.3 is 5.97 Å². The lowest BCUT2D eigenvalue weighted by Gasteiger charge is -2.15. The highest BCUT2D eigenvalue weighted by Gasteiger charge is 2.22. The van der Waals surface area contributed by atoms with Crippen LogP contribution in [0.4, 0.5) is 11.4 Å². The van der Waals surface area contributed by atoms with Crippen LogP contribution in [0.15, 0.2) is 72.8 Å². The van der Waals surface area contributed by atoms with Gasteiger partial charge in [0.1, 0.15) is 17.2 Å². The molecule has 0 saturated heterocycles. The molecule has 9 heteroatoms. The molecule has 0 saturated carbocycles. The summed E-state index contributed by atoms with van der Waals surface area (Å²) in [5.41, 5.74) is 0.0693. The number of nitro benzene ring substituents is 1. The van der Waals surface area contributed by atoms with Gasteiger partial charge in [0.25, 0.3) is 11.6 Å². The van der Waals surface area contributed by atoms with Crippen molar-refractivity contribution in [2.75, 3.05) is 12.4 Å². The predicted molar refractivity (Wildman–Crippen MR) is 116 cm³/mol. The molecule has 0 aliphatic carbocycles. The summed E-state index contributed by atoms with van der Waals surface area (Å²) in [7, 11) is 1.37. The van der Waals surface area contributed by atoms with Gasteiger partial charge < -0.3 is 19.5 Å². The number of carbonyl (C=O) groups is 2. The second-order valence-corrected chi connectivity index (χ2v) is 6.62. The van der Waals surface area contributed by atoms with Crippen LogP contribution in [-0.4, -0.2) is 30.0 Å². The molecule has 1 amide bonds. The molecule has 0 heterocycles. The number of nitro groups is 1. The molecule has 0 bridgehead atoms. The van der Waals surface area contributed by atoms with Gasteiger partial charge in [0.05, 0.1) is 23.3 Å². The molecule has 0 aliphatic heterocycles. The Balaban J connectivity index is 1.67. The fraction of sp³-hybridized carbons (Fsp3) is 0.130. The van der Waals surface area contributed by atoms with Crippen molar-refractivity contribution < 1.29 is 28.7 Å². The zero-order valence-corrected chi connectivity index (χ0v) is 17.3. The number of para-hydroxylation sites is 1. The van der Waals surface area contributed by atoms with E-state index in [4.69, 9.17) is 14.2 Å². The molecule has 0 radical (unpaired) electrons. The zero-order valence-electron chi connectivity index (χ0n) is 17.3. The third-order valence-electron chi connectivity index (χ3n) is 4.35. The fourth-order valence-electron chi connectivity index (χ4n) is 2.73. The highest BCUT2D eigenvalue weighted by Crippen LogP contribution is 2.29. The largest absolute Gasteiger partial charge is 0.495 e. The van der Waals surface area contributed by atoms with Crippen molar-refractivity contribution in [3.63, 3.8) is 0 Å². The first-order valence-corrected chi connectivity index (χ1v) is 9.54. The average molecular weight is 436 g/mol. The van der Waals surface area contributed by atoms with E-state index in [0.717, 1.165) is 6.07 Å². The van der Waals surface area contributed by atoms with Gasteiger partial charge in [0.15, 0.2) is 6.10 Å². The Bertz CT molecular complexity index is 1130. The van der Waals surface area contributed by atoms with Crippen molar-refractivity contribution in [1.82, 2.24) is 0 Å². The van der Waals surface area contributed by atoms with Gasteiger partial charge in [-0.3, -0.25) is 14.9 Å². The molecule has 0 aromatic heterocycles. The summed E-state index contributed by atoms with van der Waals surface area (Å²) in [6.45, 7) is 1.39. The Kier molecular flexibility index (Phi) is 7.02. The van der Waals surface area contributed by atoms with E-state index >= 15 is 0 Å². The highest BCUT2D eigenvalue weighted by atomic mass is 16.6. The smallest absolute Gasteiger partial charge is 0.339 e. The number of benzene rings is 3. The molecule has 3 aromatic rings. The molecule has 164 valence electrons. The van der Waals surface area contributed by atoms with Crippen molar-refractivity contribution in [1.29, 1.82) is 0 Å². The zero-order chi connectivity index (χ0) is 23.1. The first-order valence-electron chi connectivity index (χ1n) is 9.54. The number of anilines is 1. The van der Waals surface area contributed by atoms with Gasteiger partial charge in [-0.1, -0.05) is 24.3 Å². The predicted octanol–water partition coefficient (Wildman–Crippen LogP) is 4.58. The lowest BCUT2D eigenvalue weighted by molar-refractivity contribution is -0.384. The summed E-state index contributed by atoms with van der Waals surface area (Å²) in [6.07, 6.45) is -1.18. The third kappa shape index (κ3) is 5.60. The van der Waals surface area contributed by atoms with Crippen LogP contribution in [0.2, 0.25) is 0 Å². The molecule has 3 aromatic carbocycles. The number of esters is 1. The van der Waals surface area contributed by atoms with Crippen molar-refractivity contribution >= 4 is 23.3 Å². The van der Waals surface area contributed by atoms with E-state index in [1.54, 1.807) is 24.3 Å². The van der Waals surface area contributed by atoms with E-state index < -0.39 is 22.9 Å². The molecular weight excluding hydrogens is 416 g/mol. The molecule has 9 nitrogen and oxygen atoms in total. The van der Waals surface area contributed by atoms with Crippen LogP contribution in [0.3, 0.4) is 0 Å². The van der Waals surface area contributed by atoms with Crippen LogP contribution < -0.4 is 14.8 Å². The summed E-state index contributed by atoms with van der Waals surface area (Å²) in [6, 6.07) is 19.2. The molecule has 1 atom stereocenters. The summed E-state index contributed by atoms with van der Waals surface area (Å²) in [5.74, 6) is -0.125. The molecule has 1 N–H and O–H groups in total. The van der Waals surface area contributed by atoms with Gasteiger partial charge in [0, 0.05) is 12.1 Å². The average Bonchev–Trinajstić information content (AvgIpc) is 2.79. The SMILES string of the molecule is COc1ccc([N+](=O)[O-])cc1NC(=O)[C@@H](C)OC(=O)c1cccc(Oc2ccccc2)c1. The standard InChI is InChI=1S/C23H20N2O7/c1-15(22(26)24-20-14-17(25(28)29)11-12-21(20)30-2)31-23(27)16-7-6-10-19(13-16)32-18-8-4-3-5-9-18/h3-15H,1-2H3,(H,24,26)/t15-/m1/s1. The summed E-state index contributed by atoms with van der Waals surface area (Å²) in [5, 5.41) is 13.5. The van der Waals surface area contributed by atoms with Gasteiger partial charge in [0.2, 0.25) is 0 Å². The van der Waals surface area contributed by atoms with E-state index in [1.165, 1.54) is 38.3 Å². The van der Waals surface area contributed by atoms with Crippen molar-refractivity contribution in [3.05, 3.63) is 88.5 Å². The number of hydrogen-bond acceptors (Lipinski definition) is 7. The van der Waals surface area contributed by atoms with Crippen LogP contribution >= 0.6 is 0 Å². The maximum atomic E-state index is 12.5. The van der Waals surface area contributed by atoms with E-state index in [2.05, 4.69) is 5.32 Å². The first kappa shape index (κ1) is 22.3. The Morgan fingerprint density at radius 2 is 1.69 bits per heavy atom. The molecule has 0 spiro atoms. The molecule has 32 heavy (non-hydrogen) atoms. The number of nitrogens with zero attached hydrogens (tertiary/aromatic N) is 1. The van der Waals surface area contributed by atoms with E-state index in [1.807, 2.05) is 18.2 Å². The topological polar surface area (TPSA) is 117 Å². The number of rotatable bonds is 8. The molecule has 0 aliphatic rings. The number of nitrogens with one attached hydrogen (secondary N) is 1. The minimum atomic E-state index is -1.18. The maximum Gasteiger partial charge on any atom is 0.339 e. The molecular formula is C23H20N2O7. The normalized spacial score (nSPS) is 11.2. The highest BCUT2D eigenvalue weighted by molar-refractivity contribution is 5.98. The Labute approximate surface area is 183 Å². The summed E-state index contributed by atoms with van der Waals surface area (Å²) in [4.78, 5) is 35.4. The van der Waals surface area contributed by atoms with Crippen molar-refractivity contribution in [3.8, 4) is 17.2 Å². The molecule has 3 rings (SSSR count). The number of amides is 1.